The van der Waals surface area contributed by atoms with Gasteiger partial charge in [0.1, 0.15) is 0 Å². The molecule has 0 aliphatic heterocycles. The van der Waals surface area contributed by atoms with Crippen molar-refractivity contribution in [2.75, 3.05) is 19.7 Å². The summed E-state index contributed by atoms with van der Waals surface area (Å²) in [6.45, 7) is 1.24. The first-order valence-corrected chi connectivity index (χ1v) is 6.38. The SMILES string of the molecule is NCCc1ccccc1C(=O)NCC1(CO)CC1. The first-order valence-electron chi connectivity index (χ1n) is 6.38. The molecular formula is C14H20N2O2. The number of nitrogens with two attached hydrogens (primary N) is 1. The van der Waals surface area contributed by atoms with E-state index in [-0.39, 0.29) is 17.9 Å². The summed E-state index contributed by atoms with van der Waals surface area (Å²) in [6.07, 6.45) is 2.69. The van der Waals surface area contributed by atoms with Gasteiger partial charge in [-0.15, -0.1) is 0 Å². The number of nitrogens with one attached hydrogen (secondary N) is 1. The second-order valence-corrected chi connectivity index (χ2v) is 5.04. The highest BCUT2D eigenvalue weighted by molar-refractivity contribution is 5.95. The van der Waals surface area contributed by atoms with E-state index in [4.69, 9.17) is 5.73 Å². The second-order valence-electron chi connectivity index (χ2n) is 5.04. The Hall–Kier alpha value is -1.39. The molecule has 98 valence electrons. The van der Waals surface area contributed by atoms with E-state index in [9.17, 15) is 9.90 Å². The molecule has 1 aliphatic rings. The zero-order chi connectivity index (χ0) is 13.0. The normalized spacial score (nSPS) is 16.3. The molecule has 1 aromatic carbocycles. The minimum Gasteiger partial charge on any atom is -0.396 e. The number of amides is 1. The molecule has 0 spiro atoms. The highest BCUT2D eigenvalue weighted by Gasteiger charge is 2.42. The lowest BCUT2D eigenvalue weighted by molar-refractivity contribution is 0.0934. The van der Waals surface area contributed by atoms with Gasteiger partial charge in [-0.3, -0.25) is 4.79 Å². The zero-order valence-corrected chi connectivity index (χ0v) is 10.5. The summed E-state index contributed by atoms with van der Waals surface area (Å²) in [5, 5.41) is 12.1. The number of carbonyl (C=O) groups is 1. The van der Waals surface area contributed by atoms with E-state index in [1.54, 1.807) is 0 Å². The van der Waals surface area contributed by atoms with Crippen LogP contribution in [-0.4, -0.2) is 30.7 Å². The smallest absolute Gasteiger partial charge is 0.251 e. The van der Waals surface area contributed by atoms with Crippen LogP contribution in [0.3, 0.4) is 0 Å². The van der Waals surface area contributed by atoms with Crippen LogP contribution >= 0.6 is 0 Å². The standard InChI is InChI=1S/C14H20N2O2/c15-8-5-11-3-1-2-4-12(11)13(18)16-9-14(10-17)6-7-14/h1-4,17H,5-10,15H2,(H,16,18). The van der Waals surface area contributed by atoms with Crippen molar-refractivity contribution < 1.29 is 9.90 Å². The quantitative estimate of drug-likeness (QED) is 0.693. The highest BCUT2D eigenvalue weighted by Crippen LogP contribution is 2.44. The molecule has 0 atom stereocenters. The molecular weight excluding hydrogens is 228 g/mol. The first-order chi connectivity index (χ1) is 8.71. The van der Waals surface area contributed by atoms with Gasteiger partial charge in [-0.25, -0.2) is 0 Å². The van der Waals surface area contributed by atoms with E-state index in [1.807, 2.05) is 24.3 Å². The summed E-state index contributed by atoms with van der Waals surface area (Å²) in [4.78, 5) is 12.1. The second kappa shape index (κ2) is 5.50. The number of aliphatic hydroxyl groups is 1. The van der Waals surface area contributed by atoms with Crippen LogP contribution in [0.1, 0.15) is 28.8 Å². The molecule has 0 heterocycles. The largest absolute Gasteiger partial charge is 0.396 e. The third-order valence-electron chi connectivity index (χ3n) is 3.59. The van der Waals surface area contributed by atoms with E-state index in [2.05, 4.69) is 5.32 Å². The Balaban J connectivity index is 2.00. The Kier molecular flexibility index (Phi) is 3.99. The van der Waals surface area contributed by atoms with Gasteiger partial charge in [0, 0.05) is 17.5 Å². The van der Waals surface area contributed by atoms with E-state index < -0.39 is 0 Å². The lowest BCUT2D eigenvalue weighted by Crippen LogP contribution is -2.32. The van der Waals surface area contributed by atoms with Crippen LogP contribution in [0.15, 0.2) is 24.3 Å². The van der Waals surface area contributed by atoms with Gasteiger partial charge in [-0.05, 0) is 37.4 Å². The Morgan fingerprint density at radius 3 is 2.72 bits per heavy atom. The monoisotopic (exact) mass is 248 g/mol. The van der Waals surface area contributed by atoms with Crippen LogP contribution in [0.25, 0.3) is 0 Å². The Bertz CT molecular complexity index is 428. The molecule has 2 rings (SSSR count). The number of hydrogen-bond acceptors (Lipinski definition) is 3. The van der Waals surface area contributed by atoms with E-state index in [0.717, 1.165) is 18.4 Å². The molecule has 1 aromatic rings. The van der Waals surface area contributed by atoms with Gasteiger partial charge in [-0.1, -0.05) is 18.2 Å². The molecule has 0 aromatic heterocycles. The van der Waals surface area contributed by atoms with Crippen molar-refractivity contribution in [1.29, 1.82) is 0 Å². The summed E-state index contributed by atoms with van der Waals surface area (Å²) >= 11 is 0. The molecule has 4 nitrogen and oxygen atoms in total. The Morgan fingerprint density at radius 1 is 1.39 bits per heavy atom. The highest BCUT2D eigenvalue weighted by atomic mass is 16.3. The maximum Gasteiger partial charge on any atom is 0.251 e. The van der Waals surface area contributed by atoms with Gasteiger partial charge in [0.05, 0.1) is 6.61 Å². The number of aliphatic hydroxyl groups excluding tert-OH is 1. The van der Waals surface area contributed by atoms with Crippen molar-refractivity contribution in [3.8, 4) is 0 Å². The van der Waals surface area contributed by atoms with E-state index in [0.29, 0.717) is 25.1 Å². The van der Waals surface area contributed by atoms with Gasteiger partial charge in [0.2, 0.25) is 0 Å². The van der Waals surface area contributed by atoms with Crippen molar-refractivity contribution in [3.63, 3.8) is 0 Å². The topological polar surface area (TPSA) is 75.4 Å². The molecule has 4 N–H and O–H groups in total. The molecule has 1 aliphatic carbocycles. The van der Waals surface area contributed by atoms with Gasteiger partial charge in [-0.2, -0.15) is 0 Å². The fourth-order valence-electron chi connectivity index (χ4n) is 2.05. The maximum absolute atomic E-state index is 12.1. The van der Waals surface area contributed by atoms with Gasteiger partial charge in [0.15, 0.2) is 0 Å². The summed E-state index contributed by atoms with van der Waals surface area (Å²) in [5.74, 6) is -0.0706. The van der Waals surface area contributed by atoms with Crippen LogP contribution in [0.4, 0.5) is 0 Å². The van der Waals surface area contributed by atoms with Crippen LogP contribution in [0.2, 0.25) is 0 Å². The molecule has 18 heavy (non-hydrogen) atoms. The summed E-state index contributed by atoms with van der Waals surface area (Å²) < 4.78 is 0. The van der Waals surface area contributed by atoms with Crippen LogP contribution in [0.5, 0.6) is 0 Å². The van der Waals surface area contributed by atoms with Gasteiger partial charge < -0.3 is 16.2 Å². The molecule has 0 radical (unpaired) electrons. The Morgan fingerprint density at radius 2 is 2.11 bits per heavy atom. The fourth-order valence-corrected chi connectivity index (χ4v) is 2.05. The number of hydrogen-bond donors (Lipinski definition) is 3. The zero-order valence-electron chi connectivity index (χ0n) is 10.5. The summed E-state index contributed by atoms with van der Waals surface area (Å²) in [6, 6.07) is 7.52. The predicted molar refractivity (Wildman–Crippen MR) is 70.3 cm³/mol. The molecule has 1 fully saturated rings. The molecule has 4 heteroatoms. The number of rotatable bonds is 6. The van der Waals surface area contributed by atoms with E-state index >= 15 is 0 Å². The molecule has 1 saturated carbocycles. The van der Waals surface area contributed by atoms with Crippen molar-refractivity contribution in [1.82, 2.24) is 5.32 Å². The summed E-state index contributed by atoms with van der Waals surface area (Å²) in [5.41, 5.74) is 7.15. The molecule has 1 amide bonds. The molecule has 0 bridgehead atoms. The average Bonchev–Trinajstić information content (AvgIpc) is 3.18. The van der Waals surface area contributed by atoms with Gasteiger partial charge >= 0.3 is 0 Å². The van der Waals surface area contributed by atoms with Crippen molar-refractivity contribution in [2.24, 2.45) is 11.1 Å². The fraction of sp³-hybridized carbons (Fsp3) is 0.500. The van der Waals surface area contributed by atoms with Crippen LogP contribution in [0, 0.1) is 5.41 Å². The van der Waals surface area contributed by atoms with Gasteiger partial charge in [0.25, 0.3) is 5.91 Å². The van der Waals surface area contributed by atoms with Crippen molar-refractivity contribution in [2.45, 2.75) is 19.3 Å². The molecule has 0 saturated heterocycles. The number of benzene rings is 1. The first kappa shape index (κ1) is 13.1. The minimum atomic E-state index is -0.0706. The minimum absolute atomic E-state index is 0.0571. The lowest BCUT2D eigenvalue weighted by atomic mass is 10.0. The number of carbonyl (C=O) groups excluding carboxylic acids is 1. The maximum atomic E-state index is 12.1. The summed E-state index contributed by atoms with van der Waals surface area (Å²) in [7, 11) is 0. The average molecular weight is 248 g/mol. The third-order valence-corrected chi connectivity index (χ3v) is 3.59. The van der Waals surface area contributed by atoms with Crippen LogP contribution in [-0.2, 0) is 6.42 Å². The van der Waals surface area contributed by atoms with Crippen molar-refractivity contribution in [3.05, 3.63) is 35.4 Å². The predicted octanol–water partition coefficient (Wildman–Crippen LogP) is 0.690. The lowest BCUT2D eigenvalue weighted by Gasteiger charge is -2.14. The molecule has 0 unspecified atom stereocenters. The van der Waals surface area contributed by atoms with Crippen LogP contribution < -0.4 is 11.1 Å². The Labute approximate surface area is 107 Å². The van der Waals surface area contributed by atoms with Crippen molar-refractivity contribution >= 4 is 5.91 Å². The van der Waals surface area contributed by atoms with E-state index in [1.165, 1.54) is 0 Å². The third kappa shape index (κ3) is 2.89.